The molecule has 2 aromatic heterocycles. The summed E-state index contributed by atoms with van der Waals surface area (Å²) in [5.74, 6) is 0. The monoisotopic (exact) mass is 800 g/mol. The Balaban J connectivity index is 0.982. The van der Waals surface area contributed by atoms with Crippen molar-refractivity contribution >= 4 is 76.2 Å². The highest BCUT2D eigenvalue weighted by Crippen LogP contribution is 2.57. The van der Waals surface area contributed by atoms with Crippen LogP contribution in [0.25, 0.3) is 110 Å². The normalized spacial score (nSPS) is 13.2. The Morgan fingerprint density at radius 2 is 0.635 bits per heavy atom. The summed E-state index contributed by atoms with van der Waals surface area (Å²) in [6.07, 6.45) is 0. The van der Waals surface area contributed by atoms with Crippen LogP contribution in [-0.2, 0) is 5.41 Å². The molecule has 14 rings (SSSR count). The van der Waals surface area contributed by atoms with E-state index >= 15 is 0 Å². The van der Waals surface area contributed by atoms with E-state index in [9.17, 15) is 0 Å². The fourth-order valence-corrected chi connectivity index (χ4v) is 11.1. The third-order valence-electron chi connectivity index (χ3n) is 13.9. The quantitative estimate of drug-likeness (QED) is 0.166. The Kier molecular flexibility index (Phi) is 7.07. The van der Waals surface area contributed by atoms with Gasteiger partial charge in [-0.15, -0.1) is 0 Å². The summed E-state index contributed by atoms with van der Waals surface area (Å²) < 4.78 is 12.7. The van der Waals surface area contributed by atoms with E-state index in [-0.39, 0.29) is 0 Å². The van der Waals surface area contributed by atoms with Crippen LogP contribution in [0.3, 0.4) is 0 Å². The third kappa shape index (κ3) is 4.83. The van der Waals surface area contributed by atoms with Crippen molar-refractivity contribution in [3.63, 3.8) is 0 Å². The highest BCUT2D eigenvalue weighted by molar-refractivity contribution is 6.26. The minimum Gasteiger partial charge on any atom is -0.456 e. The molecule has 0 N–H and O–H groups in total. The Hall–Kier alpha value is -8.20. The zero-order valence-electron chi connectivity index (χ0n) is 34.1. The van der Waals surface area contributed by atoms with Crippen molar-refractivity contribution in [2.24, 2.45) is 0 Å². The van der Waals surface area contributed by atoms with Crippen molar-refractivity contribution in [3.05, 3.63) is 241 Å². The van der Waals surface area contributed by atoms with Crippen molar-refractivity contribution in [2.75, 3.05) is 0 Å². The number of hydrogen-bond acceptors (Lipinski definition) is 2. The fourth-order valence-electron chi connectivity index (χ4n) is 11.1. The van der Waals surface area contributed by atoms with Crippen LogP contribution in [0.5, 0.6) is 0 Å². The van der Waals surface area contributed by atoms with Gasteiger partial charge in [-0.3, -0.25) is 0 Å². The maximum absolute atomic E-state index is 6.46. The van der Waals surface area contributed by atoms with Gasteiger partial charge in [0.25, 0.3) is 0 Å². The molecule has 0 amide bonds. The first-order chi connectivity index (χ1) is 31.2. The van der Waals surface area contributed by atoms with Gasteiger partial charge in [0.1, 0.15) is 22.3 Å². The minimum absolute atomic E-state index is 0.570. The highest BCUT2D eigenvalue weighted by atomic mass is 16.3. The lowest BCUT2D eigenvalue weighted by Gasteiger charge is -2.34. The van der Waals surface area contributed by atoms with Gasteiger partial charge in [-0.2, -0.15) is 0 Å². The predicted octanol–water partition coefficient (Wildman–Crippen LogP) is 16.6. The molecule has 63 heavy (non-hydrogen) atoms. The summed E-state index contributed by atoms with van der Waals surface area (Å²) in [6.45, 7) is 0. The first kappa shape index (κ1) is 34.5. The number of rotatable bonds is 4. The lowest BCUT2D eigenvalue weighted by atomic mass is 9.67. The molecule has 2 heteroatoms. The van der Waals surface area contributed by atoms with E-state index in [4.69, 9.17) is 8.83 Å². The molecule has 2 heterocycles. The van der Waals surface area contributed by atoms with Crippen molar-refractivity contribution < 1.29 is 8.83 Å². The van der Waals surface area contributed by atoms with E-state index in [0.717, 1.165) is 55.0 Å². The lowest BCUT2D eigenvalue weighted by Crippen LogP contribution is -2.28. The van der Waals surface area contributed by atoms with Crippen LogP contribution in [0.2, 0.25) is 0 Å². The van der Waals surface area contributed by atoms with Gasteiger partial charge in [-0.25, -0.2) is 0 Å². The minimum atomic E-state index is -0.570. The van der Waals surface area contributed by atoms with E-state index in [0.29, 0.717) is 0 Å². The van der Waals surface area contributed by atoms with E-state index in [1.165, 1.54) is 76.8 Å². The second kappa shape index (κ2) is 12.9. The third-order valence-corrected chi connectivity index (χ3v) is 13.9. The summed E-state index contributed by atoms with van der Waals surface area (Å²) in [7, 11) is 0. The molecule has 0 fully saturated rings. The molecule has 13 aromatic rings. The van der Waals surface area contributed by atoms with Crippen LogP contribution in [0.1, 0.15) is 22.3 Å². The summed E-state index contributed by atoms with van der Waals surface area (Å²) in [5, 5.41) is 12.1. The molecule has 1 aliphatic carbocycles. The first-order valence-electron chi connectivity index (χ1n) is 21.7. The van der Waals surface area contributed by atoms with E-state index in [1.54, 1.807) is 0 Å². The number of fused-ring (bicyclic) bond motifs is 15. The van der Waals surface area contributed by atoms with Crippen LogP contribution in [0.4, 0.5) is 0 Å². The fraction of sp³-hybridized carbons (Fsp3) is 0.0164. The van der Waals surface area contributed by atoms with Crippen molar-refractivity contribution in [1.82, 2.24) is 0 Å². The van der Waals surface area contributed by atoms with Gasteiger partial charge in [-0.1, -0.05) is 170 Å². The lowest BCUT2D eigenvalue weighted by molar-refractivity contribution is 0.656. The molecule has 0 atom stereocenters. The zero-order valence-corrected chi connectivity index (χ0v) is 34.1. The molecule has 0 spiro atoms. The number of para-hydroxylation sites is 1. The smallest absolute Gasteiger partial charge is 0.139 e. The van der Waals surface area contributed by atoms with E-state index in [2.05, 4.69) is 200 Å². The van der Waals surface area contributed by atoms with Gasteiger partial charge in [0.05, 0.1) is 5.41 Å². The Bertz CT molecular complexity index is 3940. The molecular formula is C61H36O2. The van der Waals surface area contributed by atoms with Gasteiger partial charge in [0.15, 0.2) is 0 Å². The number of benzene rings is 11. The van der Waals surface area contributed by atoms with Crippen LogP contribution in [0, 0.1) is 0 Å². The second-order valence-corrected chi connectivity index (χ2v) is 17.1. The molecular weight excluding hydrogens is 765 g/mol. The Morgan fingerprint density at radius 1 is 0.238 bits per heavy atom. The molecule has 2 nitrogen and oxygen atoms in total. The number of furan rings is 2. The van der Waals surface area contributed by atoms with E-state index in [1.807, 2.05) is 18.2 Å². The molecule has 0 bridgehead atoms. The topological polar surface area (TPSA) is 26.3 Å². The maximum atomic E-state index is 6.46. The molecule has 0 radical (unpaired) electrons. The van der Waals surface area contributed by atoms with Crippen molar-refractivity contribution in [2.45, 2.75) is 5.41 Å². The molecule has 0 aliphatic heterocycles. The van der Waals surface area contributed by atoms with E-state index < -0.39 is 5.41 Å². The average molecular weight is 801 g/mol. The summed E-state index contributed by atoms with van der Waals surface area (Å²) >= 11 is 0. The predicted molar refractivity (Wildman–Crippen MR) is 262 cm³/mol. The SMILES string of the molecule is c1ccc(C2(c3ccccc3)c3cc(-c4ccc5oc6cc7oc8ccccc8c7cc6c5c4)ccc3-c3ccc(-c4ccc5c6ccccc6c6ccccc6c5c4)cc32)cc1. The molecule has 0 unspecified atom stereocenters. The average Bonchev–Trinajstić information content (AvgIpc) is 4.00. The Labute approximate surface area is 362 Å². The van der Waals surface area contributed by atoms with Crippen LogP contribution < -0.4 is 0 Å². The Morgan fingerprint density at radius 3 is 1.22 bits per heavy atom. The van der Waals surface area contributed by atoms with Gasteiger partial charge < -0.3 is 8.83 Å². The zero-order chi connectivity index (χ0) is 41.2. The first-order valence-corrected chi connectivity index (χ1v) is 21.7. The van der Waals surface area contributed by atoms with Crippen molar-refractivity contribution in [1.29, 1.82) is 0 Å². The highest BCUT2D eigenvalue weighted by Gasteiger charge is 2.46. The van der Waals surface area contributed by atoms with Crippen LogP contribution in [-0.4, -0.2) is 0 Å². The summed E-state index contributed by atoms with van der Waals surface area (Å²) in [4.78, 5) is 0. The molecule has 11 aromatic carbocycles. The largest absolute Gasteiger partial charge is 0.456 e. The van der Waals surface area contributed by atoms with Crippen LogP contribution in [0.15, 0.2) is 227 Å². The number of hydrogen-bond donors (Lipinski definition) is 0. The van der Waals surface area contributed by atoms with Gasteiger partial charge in [0, 0.05) is 27.6 Å². The van der Waals surface area contributed by atoms with Gasteiger partial charge in [0.2, 0.25) is 0 Å². The molecule has 0 saturated heterocycles. The van der Waals surface area contributed by atoms with Crippen molar-refractivity contribution in [3.8, 4) is 33.4 Å². The summed E-state index contributed by atoms with van der Waals surface area (Å²) in [6, 6.07) is 80.3. The maximum Gasteiger partial charge on any atom is 0.139 e. The molecule has 1 aliphatic rings. The standard InChI is InChI=1S/C61H36O2/c1-3-13-41(14-4-1)61(42-15-5-2-6-16-42)55-33-39(37-23-27-47-45-19-8-7-17-43(45)44-18-9-10-20-46(44)51(47)31-37)24-28-48(55)49-29-25-40(34-56(49)61)38-26-30-58-52(32-38)54-35-53-50-21-11-12-22-57(50)62-59(53)36-60(54)63-58/h1-36H. The summed E-state index contributed by atoms with van der Waals surface area (Å²) in [5.41, 5.74) is 15.1. The molecule has 292 valence electrons. The van der Waals surface area contributed by atoms with Gasteiger partial charge in [-0.05, 0) is 130 Å². The van der Waals surface area contributed by atoms with Gasteiger partial charge >= 0.3 is 0 Å². The second-order valence-electron chi connectivity index (χ2n) is 17.1. The van der Waals surface area contributed by atoms with Crippen LogP contribution >= 0.6 is 0 Å². The molecule has 0 saturated carbocycles.